The van der Waals surface area contributed by atoms with Gasteiger partial charge in [-0.3, -0.25) is 9.80 Å². The number of nitrogens with zero attached hydrogens (tertiary/aromatic N) is 2. The Kier molecular flexibility index (Phi) is 8.86. The van der Waals surface area contributed by atoms with Gasteiger partial charge in [0.25, 0.3) is 0 Å². The van der Waals surface area contributed by atoms with Crippen LogP contribution in [-0.4, -0.2) is 114 Å². The van der Waals surface area contributed by atoms with E-state index < -0.39 is 17.8 Å². The largest absolute Gasteiger partial charge is 0.390 e. The minimum atomic E-state index is -1.01. The highest BCUT2D eigenvalue weighted by Crippen LogP contribution is 2.89. The van der Waals surface area contributed by atoms with Crippen molar-refractivity contribution in [3.05, 3.63) is 0 Å². The number of hydrogen-bond donors (Lipinski definition) is 2. The van der Waals surface area contributed by atoms with Crippen LogP contribution in [0.4, 0.5) is 0 Å². The molecule has 8 rings (SSSR count). The molecule has 0 amide bonds. The quantitative estimate of drug-likeness (QED) is 0.314. The highest BCUT2D eigenvalue weighted by Gasteiger charge is 2.84. The normalized spacial score (nSPS) is 51.2. The van der Waals surface area contributed by atoms with Crippen molar-refractivity contribution in [3.63, 3.8) is 0 Å². The van der Waals surface area contributed by atoms with E-state index in [-0.39, 0.29) is 40.8 Å². The van der Waals surface area contributed by atoms with Gasteiger partial charge in [-0.25, -0.2) is 0 Å². The number of hydrogen-bond acceptors (Lipinski definition) is 8. The van der Waals surface area contributed by atoms with Gasteiger partial charge in [0.1, 0.15) is 6.10 Å². The lowest BCUT2D eigenvalue weighted by molar-refractivity contribution is -0.253. The van der Waals surface area contributed by atoms with Gasteiger partial charge >= 0.3 is 0 Å². The summed E-state index contributed by atoms with van der Waals surface area (Å²) < 4.78 is 26.5. The molecule has 8 aliphatic rings. The van der Waals surface area contributed by atoms with Gasteiger partial charge in [0.05, 0.1) is 36.6 Å². The third-order valence-corrected chi connectivity index (χ3v) is 17.7. The van der Waals surface area contributed by atoms with Crippen LogP contribution in [0.5, 0.6) is 0 Å². The molecular weight excluding hydrogens is 628 g/mol. The van der Waals surface area contributed by atoms with E-state index in [0.717, 1.165) is 32.5 Å². The Morgan fingerprint density at radius 2 is 1.66 bits per heavy atom. The Bertz CT molecular complexity index is 1280. The monoisotopic (exact) mass is 701 g/mol. The van der Waals surface area contributed by atoms with E-state index in [1.54, 1.807) is 0 Å². The van der Waals surface area contributed by atoms with Gasteiger partial charge in [0.15, 0.2) is 6.29 Å². The Hall–Kier alpha value is -0.320. The molecule has 5 aliphatic carbocycles. The molecule has 3 heterocycles. The van der Waals surface area contributed by atoms with Crippen LogP contribution in [0.3, 0.4) is 0 Å². The summed E-state index contributed by atoms with van der Waals surface area (Å²) in [5.74, 6) is 1.86. The third kappa shape index (κ3) is 4.96. The zero-order valence-electron chi connectivity index (χ0n) is 33.2. The van der Waals surface area contributed by atoms with E-state index >= 15 is 0 Å². The number of fused-ring (bicyclic) bond motifs is 4. The Morgan fingerprint density at radius 3 is 2.34 bits per heavy atom. The smallest absolute Gasteiger partial charge is 0.170 e. The minimum Gasteiger partial charge on any atom is -0.390 e. The fourth-order valence-electron chi connectivity index (χ4n) is 15.1. The molecule has 0 radical (unpaired) electrons. The summed E-state index contributed by atoms with van der Waals surface area (Å²) in [6.07, 6.45) is 8.17. The molecule has 0 aromatic heterocycles. The van der Waals surface area contributed by atoms with Crippen molar-refractivity contribution in [1.29, 1.82) is 0 Å². The number of likely N-dealkylation sites (tertiary alicyclic amines) is 1. The van der Waals surface area contributed by atoms with Crippen molar-refractivity contribution >= 4 is 0 Å². The molecule has 2 N–H and O–H groups in total. The maximum Gasteiger partial charge on any atom is 0.170 e. The molecule has 14 atom stereocenters. The van der Waals surface area contributed by atoms with Crippen LogP contribution in [-0.2, 0) is 18.9 Å². The molecule has 8 heteroatoms. The molecule has 8 nitrogen and oxygen atoms in total. The molecule has 2 spiro atoms. The predicted octanol–water partition coefficient (Wildman–Crippen LogP) is 6.11. The highest BCUT2D eigenvalue weighted by atomic mass is 16.7. The lowest BCUT2D eigenvalue weighted by atomic mass is 9.41. The van der Waals surface area contributed by atoms with Crippen molar-refractivity contribution < 1.29 is 29.2 Å². The molecule has 0 aromatic rings. The average molecular weight is 701 g/mol. The van der Waals surface area contributed by atoms with Gasteiger partial charge in [0.2, 0.25) is 0 Å². The molecular formula is C42H72N2O6. The minimum absolute atomic E-state index is 0.0243. The Morgan fingerprint density at radius 1 is 0.960 bits per heavy atom. The van der Waals surface area contributed by atoms with Crippen LogP contribution in [0.25, 0.3) is 0 Å². The first-order valence-corrected chi connectivity index (χ1v) is 20.9. The molecule has 50 heavy (non-hydrogen) atoms. The molecule has 5 saturated carbocycles. The molecule has 8 fully saturated rings. The summed E-state index contributed by atoms with van der Waals surface area (Å²) in [4.78, 5) is 5.19. The summed E-state index contributed by atoms with van der Waals surface area (Å²) in [5.41, 5.74) is -0.421. The van der Waals surface area contributed by atoms with Gasteiger partial charge in [-0.1, -0.05) is 34.6 Å². The fraction of sp³-hybridized carbons (Fsp3) is 1.00. The number of aliphatic hydroxyl groups excluding tert-OH is 1. The molecule has 0 aromatic carbocycles. The number of rotatable bonds is 8. The SMILES string of the molecule is CCO[C@@H](C1C[C@@H](C)[C@H]2C(O1)[C@H](O)[C@@]1(C)C3CC[C@H]4C(C)(C)C(O[C@H]5CN(C6CN(C(C)C)C6)CCO5)CCC45CC35CCC21C)C(C)(C)O. The van der Waals surface area contributed by atoms with Gasteiger partial charge in [0, 0.05) is 50.3 Å². The lowest BCUT2D eigenvalue weighted by Gasteiger charge is -2.64. The van der Waals surface area contributed by atoms with Crippen LogP contribution in [0, 0.1) is 50.7 Å². The van der Waals surface area contributed by atoms with Crippen molar-refractivity contribution in [3.8, 4) is 0 Å². The maximum absolute atomic E-state index is 12.6. The van der Waals surface area contributed by atoms with Crippen LogP contribution < -0.4 is 0 Å². The first-order chi connectivity index (χ1) is 23.4. The summed E-state index contributed by atoms with van der Waals surface area (Å²) >= 11 is 0. The Balaban J connectivity index is 0.991. The third-order valence-electron chi connectivity index (χ3n) is 17.7. The fourth-order valence-corrected chi connectivity index (χ4v) is 15.1. The standard InChI is InChI=1S/C42H72N2O6/c1-11-47-36(38(7,8)46)28-20-26(4)33-34(49-28)35(45)40(10)30-13-12-29-37(5,6)31(14-15-41(29)24-42(30,41)17-16-39(33,40)9)50-32-23-43(18-19-48-32)27-21-44(22-27)25(2)3/h25-36,45-46H,11-24H2,1-10H3/t26-,28?,29+,30?,31?,32+,33+,34?,35+,36+,39?,40-,41?,42?/m1/s1. The van der Waals surface area contributed by atoms with Gasteiger partial charge in [-0.2, -0.15) is 0 Å². The summed E-state index contributed by atoms with van der Waals surface area (Å²) in [6, 6.07) is 1.26. The lowest BCUT2D eigenvalue weighted by Crippen LogP contribution is -2.64. The maximum atomic E-state index is 12.6. The number of ether oxygens (including phenoxy) is 4. The van der Waals surface area contributed by atoms with E-state index in [2.05, 4.69) is 58.3 Å². The van der Waals surface area contributed by atoms with Crippen molar-refractivity contribution in [1.82, 2.24) is 9.80 Å². The van der Waals surface area contributed by atoms with Crippen molar-refractivity contribution in [2.24, 2.45) is 50.7 Å². The van der Waals surface area contributed by atoms with E-state index in [1.165, 1.54) is 51.6 Å². The van der Waals surface area contributed by atoms with Crippen LogP contribution in [0.1, 0.15) is 121 Å². The van der Waals surface area contributed by atoms with Crippen LogP contribution >= 0.6 is 0 Å². The van der Waals surface area contributed by atoms with Gasteiger partial charge < -0.3 is 29.2 Å². The average Bonchev–Trinajstić information content (AvgIpc) is 3.64. The van der Waals surface area contributed by atoms with Gasteiger partial charge in [-0.15, -0.1) is 0 Å². The van der Waals surface area contributed by atoms with Crippen LogP contribution in [0.15, 0.2) is 0 Å². The molecule has 7 unspecified atom stereocenters. The Labute approximate surface area is 303 Å². The molecule has 286 valence electrons. The second-order valence-electron chi connectivity index (χ2n) is 20.7. The zero-order valence-corrected chi connectivity index (χ0v) is 33.2. The first-order valence-electron chi connectivity index (χ1n) is 20.9. The molecule has 0 bridgehead atoms. The van der Waals surface area contributed by atoms with Crippen molar-refractivity contribution in [2.75, 3.05) is 39.4 Å². The summed E-state index contributed by atoms with van der Waals surface area (Å²) in [7, 11) is 0. The predicted molar refractivity (Wildman–Crippen MR) is 194 cm³/mol. The second-order valence-corrected chi connectivity index (χ2v) is 20.7. The summed E-state index contributed by atoms with van der Waals surface area (Å²) in [5, 5.41) is 23.7. The van der Waals surface area contributed by atoms with Crippen molar-refractivity contribution in [2.45, 2.75) is 175 Å². The summed E-state index contributed by atoms with van der Waals surface area (Å²) in [6.45, 7) is 28.2. The highest BCUT2D eigenvalue weighted by molar-refractivity contribution is 5.33. The zero-order chi connectivity index (χ0) is 35.8. The van der Waals surface area contributed by atoms with E-state index in [1.807, 2.05) is 20.8 Å². The van der Waals surface area contributed by atoms with E-state index in [0.29, 0.717) is 53.2 Å². The molecule has 3 aliphatic heterocycles. The van der Waals surface area contributed by atoms with E-state index in [9.17, 15) is 10.2 Å². The topological polar surface area (TPSA) is 83.9 Å². The van der Waals surface area contributed by atoms with Gasteiger partial charge in [-0.05, 0) is 131 Å². The second kappa shape index (κ2) is 12.1. The van der Waals surface area contributed by atoms with E-state index in [4.69, 9.17) is 18.9 Å². The number of aliphatic hydroxyl groups is 2. The number of morpholine rings is 1. The molecule has 3 saturated heterocycles. The van der Waals surface area contributed by atoms with Crippen LogP contribution in [0.2, 0.25) is 0 Å². The first kappa shape index (κ1) is 36.6.